The Morgan fingerprint density at radius 2 is 0.900 bits per heavy atom. The number of aliphatic hydroxyl groups is 1. The molecular weight excluding hydrogens is 423 g/mol. The zero-order valence-corrected chi connectivity index (χ0v) is 24.2. The minimum Gasteiger partial charge on any atom is -0.748 e. The molecule has 0 radical (unpaired) electrons. The molecule has 176 valence electrons. The van der Waals surface area contributed by atoms with Crippen molar-refractivity contribution in [1.29, 1.82) is 0 Å². The Morgan fingerprint density at radius 3 is 1.23 bits per heavy atom. The summed E-state index contributed by atoms with van der Waals surface area (Å²) in [6, 6.07) is 0. The first-order valence-corrected chi connectivity index (χ1v) is 14.1. The van der Waals surface area contributed by atoms with E-state index >= 15 is 0 Å². The summed E-state index contributed by atoms with van der Waals surface area (Å²) < 4.78 is 31.5. The van der Waals surface area contributed by atoms with E-state index in [4.69, 9.17) is 0 Å². The maximum absolute atomic E-state index is 10.5. The van der Waals surface area contributed by atoms with Gasteiger partial charge in [-0.15, -0.1) is 0 Å². The van der Waals surface area contributed by atoms with Crippen molar-refractivity contribution in [2.75, 3.05) is 5.75 Å². The molecule has 0 aliphatic rings. The van der Waals surface area contributed by atoms with Crippen LogP contribution in [0.5, 0.6) is 0 Å². The van der Waals surface area contributed by atoms with E-state index in [1.54, 1.807) is 0 Å². The fourth-order valence-electron chi connectivity index (χ4n) is 3.92. The van der Waals surface area contributed by atoms with Crippen LogP contribution >= 0.6 is 0 Å². The van der Waals surface area contributed by atoms with Gasteiger partial charge in [0, 0.05) is 5.75 Å². The molecule has 0 heterocycles. The third-order valence-corrected chi connectivity index (χ3v) is 6.61. The van der Waals surface area contributed by atoms with Gasteiger partial charge in [-0.3, -0.25) is 0 Å². The van der Waals surface area contributed by atoms with Gasteiger partial charge in [-0.1, -0.05) is 122 Å². The minimum atomic E-state index is -4.13. The van der Waals surface area contributed by atoms with Crippen molar-refractivity contribution in [3.8, 4) is 0 Å². The van der Waals surface area contributed by atoms with Crippen molar-refractivity contribution in [2.45, 2.75) is 148 Å². The first-order valence-electron chi connectivity index (χ1n) is 12.6. The minimum absolute atomic E-state index is 0. The zero-order valence-electron chi connectivity index (χ0n) is 20.2. The molecule has 6 heteroatoms. The van der Waals surface area contributed by atoms with Crippen LogP contribution in [0, 0.1) is 0 Å². The van der Waals surface area contributed by atoms with Gasteiger partial charge in [0.2, 0.25) is 0 Å². The molecule has 0 amide bonds. The summed E-state index contributed by atoms with van der Waals surface area (Å²) in [7, 11) is -4.13. The van der Waals surface area contributed by atoms with Gasteiger partial charge in [-0.25, -0.2) is 8.42 Å². The quantitative estimate of drug-likeness (QED) is 0.138. The van der Waals surface area contributed by atoms with Gasteiger partial charge in [-0.2, -0.15) is 0 Å². The first-order chi connectivity index (χ1) is 14.0. The maximum atomic E-state index is 10.5. The molecule has 1 unspecified atom stereocenters. The molecule has 30 heavy (non-hydrogen) atoms. The molecule has 0 spiro atoms. The smallest absolute Gasteiger partial charge is 0.748 e. The van der Waals surface area contributed by atoms with Gasteiger partial charge < -0.3 is 9.66 Å². The van der Waals surface area contributed by atoms with E-state index in [1.165, 1.54) is 103 Å². The Kier molecular flexibility index (Phi) is 28.2. The standard InChI is InChI=1S/C24H50O4S.K/c1-2-3-4-5-6-7-8-9-10-11-12-13-14-15-16-17-18-19-21-24(25)22-20-23-29(26,27)28;/h24-25H,2-23H2,1H3,(H,26,27,28);/q;+1/p-1. The SMILES string of the molecule is CCCCCCCCCCCCCCCCCCCCC(O)CCCS(=O)(=O)[O-].[K+]. The molecule has 0 aliphatic carbocycles. The second-order valence-electron chi connectivity index (χ2n) is 8.86. The van der Waals surface area contributed by atoms with Crippen molar-refractivity contribution in [1.82, 2.24) is 0 Å². The van der Waals surface area contributed by atoms with Crippen LogP contribution in [0.4, 0.5) is 0 Å². The van der Waals surface area contributed by atoms with Gasteiger partial charge in [0.05, 0.1) is 16.2 Å². The molecule has 0 saturated heterocycles. The van der Waals surface area contributed by atoms with E-state index in [9.17, 15) is 18.1 Å². The fourth-order valence-corrected chi connectivity index (χ4v) is 4.44. The number of hydrogen-bond acceptors (Lipinski definition) is 4. The average molecular weight is 473 g/mol. The zero-order chi connectivity index (χ0) is 21.6. The van der Waals surface area contributed by atoms with Crippen molar-refractivity contribution in [3.05, 3.63) is 0 Å². The third-order valence-electron chi connectivity index (χ3n) is 5.82. The topological polar surface area (TPSA) is 77.4 Å². The van der Waals surface area contributed by atoms with Crippen LogP contribution in [0.2, 0.25) is 0 Å². The summed E-state index contributed by atoms with van der Waals surface area (Å²) in [6.07, 6.45) is 25.2. The summed E-state index contributed by atoms with van der Waals surface area (Å²) in [4.78, 5) is 0. The van der Waals surface area contributed by atoms with Gasteiger partial charge >= 0.3 is 51.4 Å². The van der Waals surface area contributed by atoms with Gasteiger partial charge in [0.15, 0.2) is 0 Å². The van der Waals surface area contributed by atoms with Crippen LogP contribution in [0.15, 0.2) is 0 Å². The summed E-state index contributed by atoms with van der Waals surface area (Å²) in [5.74, 6) is -0.358. The molecule has 0 fully saturated rings. The van der Waals surface area contributed by atoms with E-state index < -0.39 is 16.2 Å². The molecular formula is C24H49KO4S. The Balaban J connectivity index is 0. The second-order valence-corrected chi connectivity index (χ2v) is 10.4. The molecule has 0 aromatic carbocycles. The van der Waals surface area contributed by atoms with Crippen LogP contribution < -0.4 is 51.4 Å². The van der Waals surface area contributed by atoms with Crippen molar-refractivity contribution in [2.24, 2.45) is 0 Å². The molecule has 4 nitrogen and oxygen atoms in total. The third kappa shape index (κ3) is 29.5. The Bertz CT molecular complexity index is 429. The van der Waals surface area contributed by atoms with E-state index in [0.29, 0.717) is 6.42 Å². The van der Waals surface area contributed by atoms with E-state index in [-0.39, 0.29) is 63.6 Å². The summed E-state index contributed by atoms with van der Waals surface area (Å²) in [5.41, 5.74) is 0. The fraction of sp³-hybridized carbons (Fsp3) is 1.00. The molecule has 0 bridgehead atoms. The van der Waals surface area contributed by atoms with Crippen LogP contribution in [-0.2, 0) is 10.1 Å². The monoisotopic (exact) mass is 472 g/mol. The predicted molar refractivity (Wildman–Crippen MR) is 123 cm³/mol. The summed E-state index contributed by atoms with van der Waals surface area (Å²) in [5, 5.41) is 9.78. The number of hydrogen-bond donors (Lipinski definition) is 1. The number of rotatable bonds is 23. The number of unbranched alkanes of at least 4 members (excludes halogenated alkanes) is 17. The maximum Gasteiger partial charge on any atom is 1.00 e. The van der Waals surface area contributed by atoms with Crippen LogP contribution in [-0.4, -0.2) is 29.9 Å². The van der Waals surface area contributed by atoms with Crippen molar-refractivity contribution < 1.29 is 69.5 Å². The Morgan fingerprint density at radius 1 is 0.600 bits per heavy atom. The molecule has 0 rings (SSSR count). The van der Waals surface area contributed by atoms with Gasteiger partial charge in [0.1, 0.15) is 0 Å². The van der Waals surface area contributed by atoms with E-state index in [1.807, 2.05) is 0 Å². The molecule has 0 saturated carbocycles. The molecule has 0 aromatic rings. The Labute approximate surface area is 230 Å². The first kappa shape index (κ1) is 33.7. The molecule has 0 aromatic heterocycles. The van der Waals surface area contributed by atoms with E-state index in [0.717, 1.165) is 19.3 Å². The van der Waals surface area contributed by atoms with Crippen molar-refractivity contribution in [3.63, 3.8) is 0 Å². The van der Waals surface area contributed by atoms with Crippen LogP contribution in [0.25, 0.3) is 0 Å². The summed E-state index contributed by atoms with van der Waals surface area (Å²) >= 11 is 0. The summed E-state index contributed by atoms with van der Waals surface area (Å²) in [6.45, 7) is 2.27. The Hall–Kier alpha value is 1.51. The molecule has 0 aliphatic heterocycles. The molecule has 1 atom stereocenters. The van der Waals surface area contributed by atoms with E-state index in [2.05, 4.69) is 6.92 Å². The van der Waals surface area contributed by atoms with Crippen molar-refractivity contribution >= 4 is 10.1 Å². The van der Waals surface area contributed by atoms with Gasteiger partial charge in [-0.05, 0) is 19.3 Å². The predicted octanol–water partition coefficient (Wildman–Crippen LogP) is 4.11. The van der Waals surface area contributed by atoms with Gasteiger partial charge in [0.25, 0.3) is 0 Å². The largest absolute Gasteiger partial charge is 1.00 e. The normalized spacial score (nSPS) is 12.6. The van der Waals surface area contributed by atoms with Crippen LogP contribution in [0.1, 0.15) is 142 Å². The second kappa shape index (κ2) is 25.1. The number of aliphatic hydroxyl groups excluding tert-OH is 1. The molecule has 1 N–H and O–H groups in total. The van der Waals surface area contributed by atoms with Crippen LogP contribution in [0.3, 0.4) is 0 Å². The average Bonchev–Trinajstić information content (AvgIpc) is 2.66.